The number of nitrogens with zero attached hydrogens (tertiary/aromatic N) is 4. The lowest BCUT2D eigenvalue weighted by atomic mass is 9.98. The number of likely N-dealkylation sites (tertiary alicyclic amines) is 1. The molecular formula is C19H33N5O. The highest BCUT2D eigenvalue weighted by Gasteiger charge is 2.31. The molecule has 2 fully saturated rings. The van der Waals surface area contributed by atoms with Crippen LogP contribution in [0.3, 0.4) is 0 Å². The normalized spacial score (nSPS) is 23.0. The summed E-state index contributed by atoms with van der Waals surface area (Å²) in [6, 6.07) is 0.712. The smallest absolute Gasteiger partial charge is 0.276 e. The van der Waals surface area contributed by atoms with E-state index >= 15 is 0 Å². The molecular weight excluding hydrogens is 314 g/mol. The number of hydrogen-bond acceptors (Lipinski definition) is 4. The van der Waals surface area contributed by atoms with Gasteiger partial charge in [0.15, 0.2) is 5.69 Å². The van der Waals surface area contributed by atoms with E-state index in [2.05, 4.69) is 34.4 Å². The fourth-order valence-electron chi connectivity index (χ4n) is 4.31. The molecule has 1 amide bonds. The van der Waals surface area contributed by atoms with Gasteiger partial charge in [-0.25, -0.2) is 4.68 Å². The number of nitrogens with one attached hydrogen (secondary N) is 1. The molecule has 6 nitrogen and oxygen atoms in total. The SMILES string of the molecule is Cc1c(C(=O)N2CCCCCC2CC(C)C)nnn1C1CCNCC1. The molecule has 140 valence electrons. The maximum atomic E-state index is 13.3. The van der Waals surface area contributed by atoms with Crippen molar-refractivity contribution in [2.24, 2.45) is 5.92 Å². The zero-order chi connectivity index (χ0) is 17.8. The number of carbonyl (C=O) groups excluding carboxylic acids is 1. The zero-order valence-corrected chi connectivity index (χ0v) is 16.0. The Bertz CT molecular complexity index is 576. The Morgan fingerprint density at radius 1 is 1.20 bits per heavy atom. The van der Waals surface area contributed by atoms with Gasteiger partial charge in [-0.2, -0.15) is 0 Å². The van der Waals surface area contributed by atoms with Crippen molar-refractivity contribution in [2.75, 3.05) is 19.6 Å². The Balaban J connectivity index is 1.79. The quantitative estimate of drug-likeness (QED) is 0.909. The van der Waals surface area contributed by atoms with Crippen molar-refractivity contribution >= 4 is 5.91 Å². The van der Waals surface area contributed by atoms with E-state index in [9.17, 15) is 4.79 Å². The maximum absolute atomic E-state index is 13.3. The van der Waals surface area contributed by atoms with Crippen molar-refractivity contribution in [3.63, 3.8) is 0 Å². The van der Waals surface area contributed by atoms with Crippen molar-refractivity contribution < 1.29 is 4.79 Å². The average Bonchev–Trinajstić information content (AvgIpc) is 2.83. The Labute approximate surface area is 151 Å². The lowest BCUT2D eigenvalue weighted by molar-refractivity contribution is 0.0654. The number of carbonyl (C=O) groups is 1. The molecule has 1 aromatic heterocycles. The van der Waals surface area contributed by atoms with Gasteiger partial charge < -0.3 is 10.2 Å². The molecule has 0 saturated carbocycles. The van der Waals surface area contributed by atoms with E-state index in [1.807, 2.05) is 11.6 Å². The van der Waals surface area contributed by atoms with Crippen LogP contribution >= 0.6 is 0 Å². The number of hydrogen-bond donors (Lipinski definition) is 1. The van der Waals surface area contributed by atoms with E-state index in [1.165, 1.54) is 12.8 Å². The van der Waals surface area contributed by atoms with E-state index in [1.54, 1.807) is 0 Å². The lowest BCUT2D eigenvalue weighted by Crippen LogP contribution is -2.41. The van der Waals surface area contributed by atoms with Gasteiger partial charge >= 0.3 is 0 Å². The maximum Gasteiger partial charge on any atom is 0.276 e. The van der Waals surface area contributed by atoms with Crippen molar-refractivity contribution in [1.29, 1.82) is 0 Å². The number of rotatable bonds is 4. The van der Waals surface area contributed by atoms with Crippen molar-refractivity contribution in [2.45, 2.75) is 77.8 Å². The van der Waals surface area contributed by atoms with Crippen LogP contribution in [0.4, 0.5) is 0 Å². The Hall–Kier alpha value is -1.43. The van der Waals surface area contributed by atoms with Gasteiger partial charge in [0.2, 0.25) is 0 Å². The van der Waals surface area contributed by atoms with E-state index in [-0.39, 0.29) is 5.91 Å². The van der Waals surface area contributed by atoms with Gasteiger partial charge in [-0.3, -0.25) is 4.79 Å². The lowest BCUT2D eigenvalue weighted by Gasteiger charge is -2.31. The molecule has 2 saturated heterocycles. The average molecular weight is 348 g/mol. The summed E-state index contributed by atoms with van der Waals surface area (Å²) in [5.41, 5.74) is 1.50. The summed E-state index contributed by atoms with van der Waals surface area (Å²) < 4.78 is 1.99. The second-order valence-electron chi connectivity index (χ2n) is 8.08. The van der Waals surface area contributed by atoms with Gasteiger partial charge in [-0.05, 0) is 58.0 Å². The zero-order valence-electron chi connectivity index (χ0n) is 16.0. The molecule has 1 atom stereocenters. The topological polar surface area (TPSA) is 63.1 Å². The summed E-state index contributed by atoms with van der Waals surface area (Å²) in [7, 11) is 0. The first-order chi connectivity index (χ1) is 12.1. The molecule has 2 aliphatic rings. The van der Waals surface area contributed by atoms with Crippen LogP contribution in [-0.4, -0.2) is 51.5 Å². The molecule has 0 bridgehead atoms. The summed E-state index contributed by atoms with van der Waals surface area (Å²) in [6.45, 7) is 9.37. The molecule has 0 aromatic carbocycles. The third-order valence-electron chi connectivity index (χ3n) is 5.67. The van der Waals surface area contributed by atoms with Crippen LogP contribution < -0.4 is 5.32 Å². The minimum absolute atomic E-state index is 0.0882. The number of aromatic nitrogens is 3. The van der Waals surface area contributed by atoms with E-state index < -0.39 is 0 Å². The predicted octanol–water partition coefficient (Wildman–Crippen LogP) is 2.94. The molecule has 25 heavy (non-hydrogen) atoms. The minimum atomic E-state index is 0.0882. The van der Waals surface area contributed by atoms with Gasteiger partial charge in [-0.15, -0.1) is 5.10 Å². The summed E-state index contributed by atoms with van der Waals surface area (Å²) in [5.74, 6) is 0.690. The van der Waals surface area contributed by atoms with Crippen molar-refractivity contribution in [3.8, 4) is 0 Å². The van der Waals surface area contributed by atoms with E-state index in [4.69, 9.17) is 0 Å². The molecule has 3 rings (SSSR count). The van der Waals surface area contributed by atoms with Crippen LogP contribution in [0.2, 0.25) is 0 Å². The summed E-state index contributed by atoms with van der Waals surface area (Å²) in [6.07, 6.45) is 7.84. The number of amides is 1. The monoisotopic (exact) mass is 347 g/mol. The fourth-order valence-corrected chi connectivity index (χ4v) is 4.31. The largest absolute Gasteiger partial charge is 0.334 e. The molecule has 6 heteroatoms. The van der Waals surface area contributed by atoms with Crippen LogP contribution in [0.5, 0.6) is 0 Å². The van der Waals surface area contributed by atoms with Gasteiger partial charge in [0.1, 0.15) is 0 Å². The molecule has 2 aliphatic heterocycles. The van der Waals surface area contributed by atoms with Gasteiger partial charge in [-0.1, -0.05) is 31.9 Å². The van der Waals surface area contributed by atoms with Crippen molar-refractivity contribution in [1.82, 2.24) is 25.2 Å². The first kappa shape index (κ1) is 18.4. The van der Waals surface area contributed by atoms with E-state index in [0.29, 0.717) is 23.7 Å². The molecule has 0 spiro atoms. The molecule has 3 heterocycles. The van der Waals surface area contributed by atoms with Crippen LogP contribution in [0.25, 0.3) is 0 Å². The third-order valence-corrected chi connectivity index (χ3v) is 5.67. The summed E-state index contributed by atoms with van der Waals surface area (Å²) in [4.78, 5) is 15.4. The highest BCUT2D eigenvalue weighted by Crippen LogP contribution is 2.26. The van der Waals surface area contributed by atoms with Gasteiger partial charge in [0, 0.05) is 12.6 Å². The summed E-state index contributed by atoms with van der Waals surface area (Å²) in [5, 5.41) is 12.0. The molecule has 1 aromatic rings. The van der Waals surface area contributed by atoms with Gasteiger partial charge in [0.05, 0.1) is 11.7 Å². The Kier molecular flexibility index (Phi) is 6.10. The molecule has 1 N–H and O–H groups in total. The molecule has 1 unspecified atom stereocenters. The predicted molar refractivity (Wildman–Crippen MR) is 98.6 cm³/mol. The standard InChI is InChI=1S/C19H33N5O/c1-14(2)13-17-7-5-4-6-12-23(17)19(25)18-15(3)24(22-21-18)16-8-10-20-11-9-16/h14,16-17,20H,4-13H2,1-3H3. The number of piperidine rings is 1. The van der Waals surface area contributed by atoms with Crippen LogP contribution in [-0.2, 0) is 0 Å². The first-order valence-electron chi connectivity index (χ1n) is 10.0. The fraction of sp³-hybridized carbons (Fsp3) is 0.842. The Morgan fingerprint density at radius 3 is 2.68 bits per heavy atom. The summed E-state index contributed by atoms with van der Waals surface area (Å²) >= 11 is 0. The van der Waals surface area contributed by atoms with Crippen LogP contribution in [0.15, 0.2) is 0 Å². The second kappa shape index (κ2) is 8.30. The molecule has 0 radical (unpaired) electrons. The third kappa shape index (κ3) is 4.22. The van der Waals surface area contributed by atoms with Crippen molar-refractivity contribution in [3.05, 3.63) is 11.4 Å². The minimum Gasteiger partial charge on any atom is -0.334 e. The van der Waals surface area contributed by atoms with Crippen LogP contribution in [0.1, 0.15) is 81.0 Å². The van der Waals surface area contributed by atoms with E-state index in [0.717, 1.165) is 57.4 Å². The first-order valence-corrected chi connectivity index (χ1v) is 10.0. The van der Waals surface area contributed by atoms with Crippen LogP contribution in [0, 0.1) is 12.8 Å². The second-order valence-corrected chi connectivity index (χ2v) is 8.08. The highest BCUT2D eigenvalue weighted by atomic mass is 16.2. The molecule has 0 aliphatic carbocycles. The van der Waals surface area contributed by atoms with Gasteiger partial charge in [0.25, 0.3) is 5.91 Å². The Morgan fingerprint density at radius 2 is 1.96 bits per heavy atom. The highest BCUT2D eigenvalue weighted by molar-refractivity contribution is 5.93.